The zero-order chi connectivity index (χ0) is 21.9. The standard InChI is InChI=1S/C20H25ClN2O6S/c1-23-8-7-14(12-23)29-16-9-13(5-6-15(16)21)22-30(24,25)20-11-18(27-3)17(26-2)10-19(20)28-4/h5-6,9-11,14,22H,7-8,12H2,1-4H3/t14-/m1/s1. The number of nitrogens with zero attached hydrogens (tertiary/aromatic N) is 1. The number of rotatable bonds is 8. The van der Waals surface area contributed by atoms with Gasteiger partial charge < -0.3 is 23.8 Å². The number of nitrogens with one attached hydrogen (secondary N) is 1. The predicted molar refractivity (Wildman–Crippen MR) is 115 cm³/mol. The Labute approximate surface area is 181 Å². The molecule has 2 aromatic rings. The fourth-order valence-corrected chi connectivity index (χ4v) is 4.63. The lowest BCUT2D eigenvalue weighted by atomic mass is 10.3. The molecule has 0 spiro atoms. The fourth-order valence-electron chi connectivity index (χ4n) is 3.25. The number of hydrogen-bond donors (Lipinski definition) is 1. The van der Waals surface area contributed by atoms with Crippen LogP contribution in [0.2, 0.25) is 5.02 Å². The molecule has 0 bridgehead atoms. The van der Waals surface area contributed by atoms with Crippen molar-refractivity contribution in [2.75, 3.05) is 46.2 Å². The second-order valence-electron chi connectivity index (χ2n) is 6.90. The highest BCUT2D eigenvalue weighted by Crippen LogP contribution is 2.38. The van der Waals surface area contributed by atoms with Crippen molar-refractivity contribution in [2.45, 2.75) is 17.4 Å². The van der Waals surface area contributed by atoms with Gasteiger partial charge in [0.1, 0.15) is 22.5 Å². The number of halogens is 1. The van der Waals surface area contributed by atoms with Gasteiger partial charge in [-0.3, -0.25) is 4.72 Å². The molecule has 1 heterocycles. The van der Waals surface area contributed by atoms with Gasteiger partial charge >= 0.3 is 0 Å². The zero-order valence-electron chi connectivity index (χ0n) is 17.3. The number of methoxy groups -OCH3 is 3. The van der Waals surface area contributed by atoms with Crippen molar-refractivity contribution < 1.29 is 27.4 Å². The molecule has 0 amide bonds. The van der Waals surface area contributed by atoms with Gasteiger partial charge in [-0.05, 0) is 25.6 Å². The first-order chi connectivity index (χ1) is 14.3. The predicted octanol–water partition coefficient (Wildman–Crippen LogP) is 3.25. The molecule has 1 aliphatic heterocycles. The maximum atomic E-state index is 13.1. The van der Waals surface area contributed by atoms with Crippen molar-refractivity contribution in [2.24, 2.45) is 0 Å². The van der Waals surface area contributed by atoms with Crippen LogP contribution in [0.3, 0.4) is 0 Å². The molecule has 1 fully saturated rings. The molecule has 0 radical (unpaired) electrons. The van der Waals surface area contributed by atoms with Crippen molar-refractivity contribution in [1.29, 1.82) is 0 Å². The number of likely N-dealkylation sites (tertiary alicyclic amines) is 1. The van der Waals surface area contributed by atoms with E-state index in [-0.39, 0.29) is 22.5 Å². The van der Waals surface area contributed by atoms with E-state index in [0.29, 0.717) is 22.2 Å². The average Bonchev–Trinajstić information content (AvgIpc) is 3.13. The molecule has 2 aromatic carbocycles. The Morgan fingerprint density at radius 1 is 1.00 bits per heavy atom. The van der Waals surface area contributed by atoms with E-state index in [1.807, 2.05) is 7.05 Å². The monoisotopic (exact) mass is 456 g/mol. The van der Waals surface area contributed by atoms with Crippen LogP contribution in [0.4, 0.5) is 5.69 Å². The lowest BCUT2D eigenvalue weighted by Crippen LogP contribution is -2.21. The Bertz CT molecular complexity index is 1010. The second-order valence-corrected chi connectivity index (χ2v) is 8.96. The van der Waals surface area contributed by atoms with Crippen LogP contribution in [0.25, 0.3) is 0 Å². The summed E-state index contributed by atoms with van der Waals surface area (Å²) in [6, 6.07) is 7.55. The van der Waals surface area contributed by atoms with Crippen LogP contribution >= 0.6 is 11.6 Å². The molecule has 1 saturated heterocycles. The summed E-state index contributed by atoms with van der Waals surface area (Å²) in [5.41, 5.74) is 0.317. The highest BCUT2D eigenvalue weighted by Gasteiger charge is 2.25. The van der Waals surface area contributed by atoms with Gasteiger partial charge in [-0.15, -0.1) is 0 Å². The van der Waals surface area contributed by atoms with Gasteiger partial charge in [0.2, 0.25) is 0 Å². The number of anilines is 1. The van der Waals surface area contributed by atoms with Crippen LogP contribution in [-0.2, 0) is 10.0 Å². The quantitative estimate of drug-likeness (QED) is 0.652. The molecular weight excluding hydrogens is 432 g/mol. The normalized spacial score (nSPS) is 16.9. The van der Waals surface area contributed by atoms with Crippen LogP contribution in [0.5, 0.6) is 23.0 Å². The first-order valence-corrected chi connectivity index (χ1v) is 11.1. The molecule has 10 heteroatoms. The number of ether oxygens (including phenoxy) is 4. The Morgan fingerprint density at radius 2 is 1.67 bits per heavy atom. The van der Waals surface area contributed by atoms with E-state index < -0.39 is 10.0 Å². The van der Waals surface area contributed by atoms with E-state index in [9.17, 15) is 8.42 Å². The minimum atomic E-state index is -4.00. The van der Waals surface area contributed by atoms with Crippen molar-refractivity contribution in [1.82, 2.24) is 4.90 Å². The van der Waals surface area contributed by atoms with Gasteiger partial charge in [0.05, 0.1) is 32.0 Å². The van der Waals surface area contributed by atoms with E-state index in [4.69, 9.17) is 30.5 Å². The second kappa shape index (κ2) is 9.20. The topological polar surface area (TPSA) is 86.3 Å². The van der Waals surface area contributed by atoms with Crippen LogP contribution < -0.4 is 23.7 Å². The maximum absolute atomic E-state index is 13.1. The summed E-state index contributed by atoms with van der Waals surface area (Å²) in [5, 5.41) is 0.413. The van der Waals surface area contributed by atoms with Crippen molar-refractivity contribution in [3.63, 3.8) is 0 Å². The Kier molecular flexibility index (Phi) is 6.84. The van der Waals surface area contributed by atoms with Crippen LogP contribution in [0.15, 0.2) is 35.2 Å². The van der Waals surface area contributed by atoms with Gasteiger partial charge in [-0.2, -0.15) is 0 Å². The Morgan fingerprint density at radius 3 is 2.27 bits per heavy atom. The summed E-state index contributed by atoms with van der Waals surface area (Å²) in [4.78, 5) is 2.08. The lowest BCUT2D eigenvalue weighted by molar-refractivity contribution is 0.208. The Hall–Kier alpha value is -2.36. The molecule has 1 aliphatic rings. The summed E-state index contributed by atoms with van der Waals surface area (Å²) < 4.78 is 50.3. The molecule has 0 aliphatic carbocycles. The third-order valence-electron chi connectivity index (χ3n) is 4.78. The molecular formula is C20H25ClN2O6S. The highest BCUT2D eigenvalue weighted by molar-refractivity contribution is 7.92. The SMILES string of the molecule is COc1cc(OC)c(S(=O)(=O)Nc2ccc(Cl)c(O[C@@H]3CCN(C)C3)c2)cc1OC. The molecule has 0 aromatic heterocycles. The minimum Gasteiger partial charge on any atom is -0.495 e. The molecule has 3 rings (SSSR count). The first kappa shape index (κ1) is 22.3. The van der Waals surface area contributed by atoms with Gasteiger partial charge in [-0.1, -0.05) is 11.6 Å². The number of hydrogen-bond acceptors (Lipinski definition) is 7. The molecule has 30 heavy (non-hydrogen) atoms. The third kappa shape index (κ3) is 4.85. The van der Waals surface area contributed by atoms with E-state index in [2.05, 4.69) is 9.62 Å². The number of sulfonamides is 1. The van der Waals surface area contributed by atoms with Crippen molar-refractivity contribution in [3.05, 3.63) is 35.4 Å². The van der Waals surface area contributed by atoms with Crippen LogP contribution in [-0.4, -0.2) is 60.9 Å². The van der Waals surface area contributed by atoms with E-state index in [1.54, 1.807) is 18.2 Å². The average molecular weight is 457 g/mol. The summed E-state index contributed by atoms with van der Waals surface area (Å²) in [6.45, 7) is 1.73. The van der Waals surface area contributed by atoms with Crippen LogP contribution in [0, 0.1) is 0 Å². The van der Waals surface area contributed by atoms with Crippen molar-refractivity contribution in [3.8, 4) is 23.0 Å². The molecule has 1 N–H and O–H groups in total. The molecule has 0 saturated carbocycles. The summed E-state index contributed by atoms with van der Waals surface area (Å²) in [5.74, 6) is 1.18. The van der Waals surface area contributed by atoms with Gasteiger partial charge in [0, 0.05) is 31.3 Å². The maximum Gasteiger partial charge on any atom is 0.265 e. The first-order valence-electron chi connectivity index (χ1n) is 9.25. The van der Waals surface area contributed by atoms with Crippen LogP contribution in [0.1, 0.15) is 6.42 Å². The molecule has 8 nitrogen and oxygen atoms in total. The van der Waals surface area contributed by atoms with Crippen molar-refractivity contribution >= 4 is 27.3 Å². The fraction of sp³-hybridized carbons (Fsp3) is 0.400. The zero-order valence-corrected chi connectivity index (χ0v) is 18.8. The minimum absolute atomic E-state index is 0.00491. The van der Waals surface area contributed by atoms with E-state index >= 15 is 0 Å². The molecule has 164 valence electrons. The number of likely N-dealkylation sites (N-methyl/N-ethyl adjacent to an activating group) is 1. The summed E-state index contributed by atoms with van der Waals surface area (Å²) >= 11 is 6.25. The molecule has 0 unspecified atom stereocenters. The van der Waals surface area contributed by atoms with E-state index in [1.165, 1.54) is 33.5 Å². The largest absolute Gasteiger partial charge is 0.495 e. The van der Waals surface area contributed by atoms with Gasteiger partial charge in [0.25, 0.3) is 10.0 Å². The third-order valence-corrected chi connectivity index (χ3v) is 6.50. The van der Waals surface area contributed by atoms with Gasteiger partial charge in [-0.25, -0.2) is 8.42 Å². The smallest absolute Gasteiger partial charge is 0.265 e. The summed E-state index contributed by atoms with van der Waals surface area (Å²) in [7, 11) is 2.29. The molecule has 1 atom stereocenters. The number of benzene rings is 2. The lowest BCUT2D eigenvalue weighted by Gasteiger charge is -2.17. The van der Waals surface area contributed by atoms with E-state index in [0.717, 1.165) is 19.5 Å². The van der Waals surface area contributed by atoms with Gasteiger partial charge in [0.15, 0.2) is 11.5 Å². The highest BCUT2D eigenvalue weighted by atomic mass is 35.5. The summed E-state index contributed by atoms with van der Waals surface area (Å²) in [6.07, 6.45) is 0.885. The Balaban J connectivity index is 1.89.